The van der Waals surface area contributed by atoms with E-state index in [-0.39, 0.29) is 18.3 Å². The Hall–Kier alpha value is -1.72. The van der Waals surface area contributed by atoms with Gasteiger partial charge in [-0.2, -0.15) is 4.89 Å². The van der Waals surface area contributed by atoms with Gasteiger partial charge in [0, 0.05) is 22.6 Å². The van der Waals surface area contributed by atoms with Crippen LogP contribution >= 0.6 is 11.6 Å². The molecule has 2 atom stereocenters. The molecule has 5 heteroatoms. The fourth-order valence-electron chi connectivity index (χ4n) is 2.83. The molecule has 3 rings (SSSR count). The standard InChI is InChI=1S/C21H23ClO4/c1-21(2,3)26-25-20-18-7-5-4-6-15(18)12-17(24-20)13-19(23)14-8-10-16(22)11-9-14/h4-11,17,20H,12-13H2,1-3H3/t17-,20-/m0/s1. The fraction of sp³-hybridized carbons (Fsp3) is 0.381. The zero-order chi connectivity index (χ0) is 18.7. The summed E-state index contributed by atoms with van der Waals surface area (Å²) in [5, 5.41) is 0.609. The Morgan fingerprint density at radius 2 is 1.85 bits per heavy atom. The number of benzene rings is 2. The molecule has 26 heavy (non-hydrogen) atoms. The average Bonchev–Trinajstić information content (AvgIpc) is 2.59. The van der Waals surface area contributed by atoms with E-state index < -0.39 is 11.9 Å². The quantitative estimate of drug-likeness (QED) is 0.404. The molecule has 0 unspecified atom stereocenters. The van der Waals surface area contributed by atoms with Crippen LogP contribution in [0.4, 0.5) is 0 Å². The molecule has 0 fully saturated rings. The molecule has 4 nitrogen and oxygen atoms in total. The van der Waals surface area contributed by atoms with Gasteiger partial charge in [-0.1, -0.05) is 35.9 Å². The molecule has 2 aromatic rings. The van der Waals surface area contributed by atoms with Gasteiger partial charge < -0.3 is 4.74 Å². The minimum Gasteiger partial charge on any atom is -0.342 e. The van der Waals surface area contributed by atoms with Crippen LogP contribution < -0.4 is 0 Å². The Balaban J connectivity index is 1.73. The van der Waals surface area contributed by atoms with Crippen molar-refractivity contribution in [3.8, 4) is 0 Å². The van der Waals surface area contributed by atoms with Crippen molar-refractivity contribution in [2.45, 2.75) is 51.6 Å². The van der Waals surface area contributed by atoms with Crippen LogP contribution in [0.3, 0.4) is 0 Å². The lowest BCUT2D eigenvalue weighted by Crippen LogP contribution is -2.31. The molecule has 0 aliphatic carbocycles. The van der Waals surface area contributed by atoms with Crippen molar-refractivity contribution in [3.63, 3.8) is 0 Å². The Labute approximate surface area is 159 Å². The summed E-state index contributed by atoms with van der Waals surface area (Å²) in [5.41, 5.74) is 2.21. The summed E-state index contributed by atoms with van der Waals surface area (Å²) in [4.78, 5) is 23.6. The van der Waals surface area contributed by atoms with Crippen molar-refractivity contribution >= 4 is 17.4 Å². The molecule has 1 heterocycles. The monoisotopic (exact) mass is 374 g/mol. The van der Waals surface area contributed by atoms with Gasteiger partial charge in [0.2, 0.25) is 6.29 Å². The third-order valence-corrected chi connectivity index (χ3v) is 4.29. The van der Waals surface area contributed by atoms with Crippen molar-refractivity contribution in [1.82, 2.24) is 0 Å². The molecule has 1 aliphatic heterocycles. The van der Waals surface area contributed by atoms with Crippen molar-refractivity contribution in [1.29, 1.82) is 0 Å². The highest BCUT2D eigenvalue weighted by Crippen LogP contribution is 2.33. The highest BCUT2D eigenvalue weighted by atomic mass is 35.5. The number of hydrogen-bond donors (Lipinski definition) is 0. The summed E-state index contributed by atoms with van der Waals surface area (Å²) in [6.07, 6.45) is -0.000190. The third kappa shape index (κ3) is 4.92. The number of halogens is 1. The molecule has 2 aromatic carbocycles. The number of carbonyl (C=O) groups excluding carboxylic acids is 1. The van der Waals surface area contributed by atoms with Crippen LogP contribution in [0, 0.1) is 0 Å². The molecule has 0 aromatic heterocycles. The SMILES string of the molecule is CC(C)(C)OO[C@@H]1O[C@H](CC(=O)c2ccc(Cl)cc2)Cc2ccccc21. The Morgan fingerprint density at radius 1 is 1.15 bits per heavy atom. The van der Waals surface area contributed by atoms with E-state index >= 15 is 0 Å². The van der Waals surface area contributed by atoms with Crippen LogP contribution in [0.15, 0.2) is 48.5 Å². The lowest BCUT2D eigenvalue weighted by atomic mass is 9.94. The minimum absolute atomic E-state index is 0.0153. The molecule has 138 valence electrons. The number of hydrogen-bond acceptors (Lipinski definition) is 4. The van der Waals surface area contributed by atoms with Crippen molar-refractivity contribution in [2.75, 3.05) is 0 Å². The molecule has 1 aliphatic rings. The number of fused-ring (bicyclic) bond motifs is 1. The first-order valence-corrected chi connectivity index (χ1v) is 9.06. The van der Waals surface area contributed by atoms with Crippen molar-refractivity contribution in [3.05, 3.63) is 70.2 Å². The largest absolute Gasteiger partial charge is 0.342 e. The second-order valence-corrected chi connectivity index (χ2v) is 7.86. The lowest BCUT2D eigenvalue weighted by molar-refractivity contribution is -0.427. The molecular weight excluding hydrogens is 352 g/mol. The summed E-state index contributed by atoms with van der Waals surface area (Å²) >= 11 is 5.89. The van der Waals surface area contributed by atoms with Crippen molar-refractivity contribution < 1.29 is 19.3 Å². The second-order valence-electron chi connectivity index (χ2n) is 7.42. The van der Waals surface area contributed by atoms with E-state index in [2.05, 4.69) is 0 Å². The molecule has 0 saturated carbocycles. The zero-order valence-electron chi connectivity index (χ0n) is 15.2. The molecule has 0 N–H and O–H groups in total. The van der Waals surface area contributed by atoms with Crippen LogP contribution in [0.2, 0.25) is 5.02 Å². The maximum absolute atomic E-state index is 12.6. The Bertz CT molecular complexity index is 764. The van der Waals surface area contributed by atoms with Crippen LogP contribution in [0.1, 0.15) is 55.0 Å². The molecular formula is C21H23ClO4. The van der Waals surface area contributed by atoms with E-state index in [1.54, 1.807) is 24.3 Å². The highest BCUT2D eigenvalue weighted by molar-refractivity contribution is 6.30. The fourth-order valence-corrected chi connectivity index (χ4v) is 2.96. The predicted octanol–water partition coefficient (Wildman–Crippen LogP) is 5.30. The smallest absolute Gasteiger partial charge is 0.217 e. The summed E-state index contributed by atoms with van der Waals surface area (Å²) in [5.74, 6) is 0.0153. The van der Waals surface area contributed by atoms with Gasteiger partial charge in [-0.15, -0.1) is 0 Å². The predicted molar refractivity (Wildman–Crippen MR) is 100 cm³/mol. The first kappa shape index (κ1) is 19.1. The van der Waals surface area contributed by atoms with Gasteiger partial charge in [-0.3, -0.25) is 4.79 Å². The van der Waals surface area contributed by atoms with E-state index in [0.29, 0.717) is 17.0 Å². The summed E-state index contributed by atoms with van der Waals surface area (Å²) in [6.45, 7) is 5.72. The molecule has 0 bridgehead atoms. The van der Waals surface area contributed by atoms with Gasteiger partial charge in [-0.05, 0) is 57.0 Å². The number of carbonyl (C=O) groups is 1. The highest BCUT2D eigenvalue weighted by Gasteiger charge is 2.31. The molecule has 0 amide bonds. The Kier molecular flexibility index (Phi) is 5.78. The van der Waals surface area contributed by atoms with Gasteiger partial charge in [0.1, 0.15) is 0 Å². The first-order chi connectivity index (χ1) is 12.3. The van der Waals surface area contributed by atoms with Crippen LogP contribution in [-0.2, 0) is 20.9 Å². The Morgan fingerprint density at radius 3 is 2.54 bits per heavy atom. The number of ketones is 1. The van der Waals surface area contributed by atoms with Crippen LogP contribution in [0.5, 0.6) is 0 Å². The van der Waals surface area contributed by atoms with E-state index in [4.69, 9.17) is 26.1 Å². The van der Waals surface area contributed by atoms with Gasteiger partial charge in [0.05, 0.1) is 11.7 Å². The normalized spacial score (nSPS) is 19.8. The van der Waals surface area contributed by atoms with Gasteiger partial charge in [-0.25, -0.2) is 4.89 Å². The van der Waals surface area contributed by atoms with Crippen molar-refractivity contribution in [2.24, 2.45) is 0 Å². The maximum atomic E-state index is 12.6. The first-order valence-electron chi connectivity index (χ1n) is 8.68. The zero-order valence-corrected chi connectivity index (χ0v) is 16.0. The maximum Gasteiger partial charge on any atom is 0.217 e. The summed E-state index contributed by atoms with van der Waals surface area (Å²) in [6, 6.07) is 14.8. The van der Waals surface area contributed by atoms with Crippen LogP contribution in [0.25, 0.3) is 0 Å². The molecule has 0 saturated heterocycles. The second kappa shape index (κ2) is 7.89. The molecule has 0 radical (unpaired) electrons. The number of rotatable bonds is 5. The van der Waals surface area contributed by atoms with Gasteiger partial charge >= 0.3 is 0 Å². The summed E-state index contributed by atoms with van der Waals surface area (Å²) < 4.78 is 6.03. The van der Waals surface area contributed by atoms with Crippen LogP contribution in [-0.4, -0.2) is 17.5 Å². The number of Topliss-reactive ketones (excluding diaryl/α,β-unsaturated/α-hetero) is 1. The van der Waals surface area contributed by atoms with E-state index in [9.17, 15) is 4.79 Å². The van der Waals surface area contributed by atoms with E-state index in [1.807, 2.05) is 45.0 Å². The summed E-state index contributed by atoms with van der Waals surface area (Å²) in [7, 11) is 0. The minimum atomic E-state index is -0.651. The number of ether oxygens (including phenoxy) is 1. The lowest BCUT2D eigenvalue weighted by Gasteiger charge is -2.32. The van der Waals surface area contributed by atoms with E-state index in [1.165, 1.54) is 0 Å². The van der Waals surface area contributed by atoms with E-state index in [0.717, 1.165) is 11.1 Å². The van der Waals surface area contributed by atoms with Gasteiger partial charge in [0.15, 0.2) is 5.78 Å². The average molecular weight is 375 g/mol. The van der Waals surface area contributed by atoms with Gasteiger partial charge in [0.25, 0.3) is 0 Å². The third-order valence-electron chi connectivity index (χ3n) is 4.04. The molecule has 0 spiro atoms. The topological polar surface area (TPSA) is 44.8 Å².